The smallest absolute Gasteiger partial charge is 0.338 e. The van der Waals surface area contributed by atoms with Crippen LogP contribution in [0.25, 0.3) is 6.08 Å². The Morgan fingerprint density at radius 1 is 1.10 bits per heavy atom. The predicted molar refractivity (Wildman–Crippen MR) is 118 cm³/mol. The summed E-state index contributed by atoms with van der Waals surface area (Å²) < 4.78 is 11.9. The summed E-state index contributed by atoms with van der Waals surface area (Å²) in [4.78, 5) is 24.1. The topological polar surface area (TPSA) is 88.4 Å². The van der Waals surface area contributed by atoms with Gasteiger partial charge in [0.25, 0.3) is 5.91 Å². The normalized spacial score (nSPS) is 10.8. The van der Waals surface area contributed by atoms with Crippen molar-refractivity contribution in [2.24, 2.45) is 0 Å². The zero-order valence-corrected chi connectivity index (χ0v) is 19.0. The quantitative estimate of drug-likeness (QED) is 0.302. The lowest BCUT2D eigenvalue weighted by atomic mass is 10.1. The molecule has 6 nitrogen and oxygen atoms in total. The standard InChI is InChI=1S/C21H18Br2N2O4/c1-3-28-19-17(22)10-13(11-18(19)23)9-15(12-24)20(26)25-16-7-5-14(6-8-16)21(27)29-4-2/h5-11H,3-4H2,1-2H3,(H,25,26)/b15-9+. The van der Waals surface area contributed by atoms with Crippen LogP contribution in [0.3, 0.4) is 0 Å². The highest BCUT2D eigenvalue weighted by Gasteiger charge is 2.13. The van der Waals surface area contributed by atoms with Crippen LogP contribution in [0.4, 0.5) is 5.69 Å². The van der Waals surface area contributed by atoms with E-state index >= 15 is 0 Å². The number of rotatable bonds is 7. The van der Waals surface area contributed by atoms with E-state index < -0.39 is 11.9 Å². The molecule has 0 fully saturated rings. The average Bonchev–Trinajstić information content (AvgIpc) is 2.69. The van der Waals surface area contributed by atoms with Gasteiger partial charge < -0.3 is 14.8 Å². The zero-order chi connectivity index (χ0) is 21.4. The third-order valence-corrected chi connectivity index (χ3v) is 4.82. The fraction of sp³-hybridized carbons (Fsp3) is 0.190. The molecule has 29 heavy (non-hydrogen) atoms. The predicted octanol–water partition coefficient (Wildman–Crippen LogP) is 5.33. The number of anilines is 1. The molecule has 0 aliphatic carbocycles. The third-order valence-electron chi connectivity index (χ3n) is 3.64. The molecule has 0 unspecified atom stereocenters. The Morgan fingerprint density at radius 3 is 2.24 bits per heavy atom. The second-order valence-corrected chi connectivity index (χ2v) is 7.38. The summed E-state index contributed by atoms with van der Waals surface area (Å²) in [6.07, 6.45) is 1.48. The highest BCUT2D eigenvalue weighted by Crippen LogP contribution is 2.35. The van der Waals surface area contributed by atoms with Gasteiger partial charge in [-0.15, -0.1) is 0 Å². The maximum Gasteiger partial charge on any atom is 0.338 e. The van der Waals surface area contributed by atoms with E-state index in [0.29, 0.717) is 38.1 Å². The SMILES string of the molecule is CCOC(=O)c1ccc(NC(=O)/C(C#N)=C/c2cc(Br)c(OCC)c(Br)c2)cc1. The third kappa shape index (κ3) is 6.17. The molecule has 0 saturated heterocycles. The van der Waals surface area contributed by atoms with Crippen LogP contribution in [-0.2, 0) is 9.53 Å². The number of hydrogen-bond acceptors (Lipinski definition) is 5. The van der Waals surface area contributed by atoms with Crippen molar-refractivity contribution in [3.05, 3.63) is 62.0 Å². The Balaban J connectivity index is 2.18. The molecule has 0 saturated carbocycles. The number of ether oxygens (including phenoxy) is 2. The Morgan fingerprint density at radius 2 is 1.72 bits per heavy atom. The molecule has 1 amide bonds. The van der Waals surface area contributed by atoms with Crippen molar-refractivity contribution in [2.75, 3.05) is 18.5 Å². The highest BCUT2D eigenvalue weighted by atomic mass is 79.9. The van der Waals surface area contributed by atoms with Crippen molar-refractivity contribution < 1.29 is 19.1 Å². The van der Waals surface area contributed by atoms with E-state index in [0.717, 1.165) is 0 Å². The Hall–Kier alpha value is -2.63. The number of esters is 1. The second-order valence-electron chi connectivity index (χ2n) is 5.67. The van der Waals surface area contributed by atoms with Gasteiger partial charge in [-0.1, -0.05) is 0 Å². The Bertz CT molecular complexity index is 956. The van der Waals surface area contributed by atoms with E-state index in [4.69, 9.17) is 9.47 Å². The number of halogens is 2. The van der Waals surface area contributed by atoms with Crippen molar-refractivity contribution in [3.8, 4) is 11.8 Å². The molecular weight excluding hydrogens is 504 g/mol. The van der Waals surface area contributed by atoms with Crippen molar-refractivity contribution in [1.82, 2.24) is 0 Å². The van der Waals surface area contributed by atoms with E-state index in [9.17, 15) is 14.9 Å². The highest BCUT2D eigenvalue weighted by molar-refractivity contribution is 9.11. The molecule has 0 heterocycles. The molecule has 0 aliphatic rings. The second kappa shape index (κ2) is 10.8. The number of hydrogen-bond donors (Lipinski definition) is 1. The van der Waals surface area contributed by atoms with Gasteiger partial charge in [0, 0.05) is 5.69 Å². The maximum atomic E-state index is 12.5. The van der Waals surface area contributed by atoms with Crippen molar-refractivity contribution in [1.29, 1.82) is 5.26 Å². The van der Waals surface area contributed by atoms with E-state index in [1.54, 1.807) is 43.3 Å². The molecule has 0 aliphatic heterocycles. The van der Waals surface area contributed by atoms with Crippen LogP contribution >= 0.6 is 31.9 Å². The lowest BCUT2D eigenvalue weighted by Crippen LogP contribution is -2.13. The fourth-order valence-corrected chi connectivity index (χ4v) is 3.81. The summed E-state index contributed by atoms with van der Waals surface area (Å²) >= 11 is 6.85. The van der Waals surface area contributed by atoms with Crippen molar-refractivity contribution in [3.63, 3.8) is 0 Å². The van der Waals surface area contributed by atoms with Crippen LogP contribution in [0, 0.1) is 11.3 Å². The molecule has 150 valence electrons. The molecule has 0 bridgehead atoms. The number of carbonyl (C=O) groups excluding carboxylic acids is 2. The summed E-state index contributed by atoms with van der Waals surface area (Å²) in [6, 6.07) is 11.7. The van der Waals surface area contributed by atoms with Gasteiger partial charge in [0.15, 0.2) is 0 Å². The number of nitrogens with zero attached hydrogens (tertiary/aromatic N) is 1. The number of benzene rings is 2. The minimum absolute atomic E-state index is 0.0672. The van der Waals surface area contributed by atoms with Gasteiger partial charge in [0.2, 0.25) is 0 Å². The van der Waals surface area contributed by atoms with Crippen molar-refractivity contribution in [2.45, 2.75) is 13.8 Å². The van der Waals surface area contributed by atoms with Gasteiger partial charge in [-0.25, -0.2) is 4.79 Å². The first-order valence-corrected chi connectivity index (χ1v) is 10.3. The molecule has 8 heteroatoms. The first-order valence-electron chi connectivity index (χ1n) is 8.71. The van der Waals surface area contributed by atoms with Crippen LogP contribution < -0.4 is 10.1 Å². The van der Waals surface area contributed by atoms with Crippen LogP contribution in [0.2, 0.25) is 0 Å². The summed E-state index contributed by atoms with van der Waals surface area (Å²) in [5, 5.41) is 12.0. The molecule has 2 rings (SSSR count). The minimum Gasteiger partial charge on any atom is -0.492 e. The summed E-state index contributed by atoms with van der Waals surface area (Å²) in [5.41, 5.74) is 1.42. The maximum absolute atomic E-state index is 12.5. The van der Waals surface area contributed by atoms with Gasteiger partial charge in [0.1, 0.15) is 17.4 Å². The van der Waals surface area contributed by atoms with Crippen molar-refractivity contribution >= 4 is 55.5 Å². The molecule has 2 aromatic rings. The summed E-state index contributed by atoms with van der Waals surface area (Å²) in [6.45, 7) is 4.40. The zero-order valence-electron chi connectivity index (χ0n) is 15.8. The number of carbonyl (C=O) groups is 2. The minimum atomic E-state index is -0.558. The molecule has 0 spiro atoms. The number of nitrogens with one attached hydrogen (secondary N) is 1. The van der Waals surface area contributed by atoms with Crippen LogP contribution in [0.1, 0.15) is 29.8 Å². The molecule has 0 atom stereocenters. The molecule has 1 N–H and O–H groups in total. The van der Waals surface area contributed by atoms with E-state index in [-0.39, 0.29) is 12.2 Å². The monoisotopic (exact) mass is 520 g/mol. The number of amides is 1. The molecule has 0 aromatic heterocycles. The van der Waals surface area contributed by atoms with E-state index in [1.165, 1.54) is 6.08 Å². The molecular formula is C21H18Br2N2O4. The van der Waals surface area contributed by atoms with Gasteiger partial charge in [-0.05, 0) is 93.7 Å². The first-order chi connectivity index (χ1) is 13.9. The summed E-state index contributed by atoms with van der Waals surface area (Å²) in [7, 11) is 0. The average molecular weight is 522 g/mol. The van der Waals surface area contributed by atoms with Gasteiger partial charge in [-0.2, -0.15) is 5.26 Å². The van der Waals surface area contributed by atoms with Crippen LogP contribution in [0.15, 0.2) is 50.9 Å². The largest absolute Gasteiger partial charge is 0.492 e. The summed E-state index contributed by atoms with van der Waals surface area (Å²) in [5.74, 6) is -0.346. The van der Waals surface area contributed by atoms with Crippen LogP contribution in [0.5, 0.6) is 5.75 Å². The van der Waals surface area contributed by atoms with Gasteiger partial charge in [-0.3, -0.25) is 4.79 Å². The lowest BCUT2D eigenvalue weighted by Gasteiger charge is -2.10. The van der Waals surface area contributed by atoms with Gasteiger partial charge >= 0.3 is 5.97 Å². The fourth-order valence-electron chi connectivity index (χ4n) is 2.36. The Labute approximate surface area is 185 Å². The number of nitriles is 1. The van der Waals surface area contributed by atoms with E-state index in [2.05, 4.69) is 37.2 Å². The van der Waals surface area contributed by atoms with Crippen LogP contribution in [-0.4, -0.2) is 25.1 Å². The first kappa shape index (κ1) is 22.7. The molecule has 0 radical (unpaired) electrons. The lowest BCUT2D eigenvalue weighted by molar-refractivity contribution is -0.112. The van der Waals surface area contributed by atoms with E-state index in [1.807, 2.05) is 13.0 Å². The van der Waals surface area contributed by atoms with Gasteiger partial charge in [0.05, 0.1) is 27.7 Å². The molecule has 2 aromatic carbocycles. The Kier molecular flexibility index (Phi) is 8.43.